The molecule has 3 aliphatic rings. The molecular weight excluding hydrogens is 697 g/mol. The molecule has 0 fully saturated rings. The summed E-state index contributed by atoms with van der Waals surface area (Å²) in [5.74, 6) is 1.24. The number of pyridine rings is 1. The van der Waals surface area contributed by atoms with Crippen molar-refractivity contribution in [3.8, 4) is 11.4 Å². The van der Waals surface area contributed by atoms with Gasteiger partial charge in [0.25, 0.3) is 0 Å². The minimum absolute atomic E-state index is 0.0780. The Bertz CT molecular complexity index is 2800. The lowest BCUT2D eigenvalue weighted by Crippen LogP contribution is -2.15. The Morgan fingerprint density at radius 3 is 2.43 bits per heavy atom. The molecule has 2 unspecified atom stereocenters. The standard InChI is InChI=1S/C40H24IN3OS/c1-3-10-30-28(9-1)36-31(43(30)23-13-18-35-29(21-23)25-8-2-4-12-34(25)45-35)16-14-26-27-15-17-32-37(40(27)46-39(26)36)38-33(11-6-20-42-38)44(32)24-7-5-19-41-22-24/h1-22,25,34H. The van der Waals surface area contributed by atoms with Gasteiger partial charge in [-0.25, -0.2) is 0 Å². The maximum Gasteiger partial charge on any atom is 0.128 e. The second-order valence-corrected chi connectivity index (χ2v) is 15.2. The van der Waals surface area contributed by atoms with Crippen LogP contribution in [0.2, 0.25) is 0 Å². The summed E-state index contributed by atoms with van der Waals surface area (Å²) in [5.41, 5.74) is 9.57. The molecule has 1 aliphatic carbocycles. The maximum atomic E-state index is 6.30. The summed E-state index contributed by atoms with van der Waals surface area (Å²) in [6, 6.07) is 29.1. The van der Waals surface area contributed by atoms with Gasteiger partial charge in [0.2, 0.25) is 0 Å². The van der Waals surface area contributed by atoms with Crippen molar-refractivity contribution in [3.63, 3.8) is 0 Å². The number of thiophene rings is 1. The van der Waals surface area contributed by atoms with E-state index in [-0.39, 0.29) is 32.8 Å². The average molecular weight is 722 g/mol. The van der Waals surface area contributed by atoms with E-state index in [4.69, 9.17) is 9.72 Å². The van der Waals surface area contributed by atoms with Gasteiger partial charge in [0.1, 0.15) is 11.9 Å². The van der Waals surface area contributed by atoms with Crippen LogP contribution in [0, 0.1) is 0 Å². The molecular formula is C40H24IN3OS. The number of allylic oxidation sites excluding steroid dienone is 5. The summed E-state index contributed by atoms with van der Waals surface area (Å²) in [4.78, 5) is 4.97. The van der Waals surface area contributed by atoms with Gasteiger partial charge in [-0.15, -0.1) is 11.3 Å². The first-order chi connectivity index (χ1) is 22.8. The van der Waals surface area contributed by atoms with Gasteiger partial charge in [0.15, 0.2) is 0 Å². The van der Waals surface area contributed by atoms with Crippen molar-refractivity contribution in [1.82, 2.24) is 14.1 Å². The van der Waals surface area contributed by atoms with Crippen molar-refractivity contribution in [2.45, 2.75) is 12.0 Å². The first-order valence-electron chi connectivity index (χ1n) is 15.5. The van der Waals surface area contributed by atoms with Crippen molar-refractivity contribution in [3.05, 3.63) is 131 Å². The maximum absolute atomic E-state index is 6.30. The van der Waals surface area contributed by atoms with Gasteiger partial charge in [-0.2, -0.15) is 0 Å². The molecule has 0 N–H and O–H groups in total. The number of aromatic nitrogens is 3. The van der Waals surface area contributed by atoms with Crippen LogP contribution in [0.1, 0.15) is 11.5 Å². The summed E-state index contributed by atoms with van der Waals surface area (Å²) in [5, 5.41) is 6.43. The molecule has 6 heterocycles. The summed E-state index contributed by atoms with van der Waals surface area (Å²) in [7, 11) is 0. The van der Waals surface area contributed by atoms with Crippen molar-refractivity contribution in [2.24, 2.45) is 0 Å². The number of halogens is 1. The third kappa shape index (κ3) is 3.33. The number of ether oxygens (including phenoxy) is 1. The smallest absolute Gasteiger partial charge is 0.128 e. The zero-order valence-corrected chi connectivity index (χ0v) is 27.4. The SMILES string of the molecule is C1=CI=CC(n2c3cccnc3c3c4sc5c(ccc6c5c5ccccc5n6-c5ccc6c(c5)C5C=CC=CC5O6)c4ccc32)=C1. The molecule has 2 aliphatic heterocycles. The third-order valence-electron chi connectivity index (χ3n) is 9.73. The van der Waals surface area contributed by atoms with Crippen molar-refractivity contribution in [2.75, 3.05) is 0 Å². The van der Waals surface area contributed by atoms with Crippen LogP contribution in [0.15, 0.2) is 126 Å². The highest BCUT2D eigenvalue weighted by molar-refractivity contribution is 14.2. The van der Waals surface area contributed by atoms with E-state index < -0.39 is 0 Å². The van der Waals surface area contributed by atoms with Crippen molar-refractivity contribution < 1.29 is 4.74 Å². The Morgan fingerprint density at radius 2 is 1.54 bits per heavy atom. The minimum atomic E-state index is -0.0864. The largest absolute Gasteiger partial charge is 0.485 e. The highest BCUT2D eigenvalue weighted by Gasteiger charge is 2.32. The molecule has 11 rings (SSSR count). The van der Waals surface area contributed by atoms with Crippen molar-refractivity contribution in [1.29, 1.82) is 0 Å². The fourth-order valence-corrected chi connectivity index (χ4v) is 10.7. The van der Waals surface area contributed by atoms with E-state index in [0.717, 1.165) is 16.8 Å². The topological polar surface area (TPSA) is 32.0 Å². The zero-order chi connectivity index (χ0) is 29.9. The lowest BCUT2D eigenvalue weighted by molar-refractivity contribution is 0.269. The van der Waals surface area contributed by atoms with Gasteiger partial charge >= 0.3 is 0 Å². The molecule has 0 saturated heterocycles. The quantitative estimate of drug-likeness (QED) is 0.167. The number of para-hydroxylation sites is 1. The monoisotopic (exact) mass is 721 g/mol. The Labute approximate surface area is 277 Å². The lowest BCUT2D eigenvalue weighted by Gasteiger charge is -2.14. The summed E-state index contributed by atoms with van der Waals surface area (Å²) >= 11 is 1.83. The predicted molar refractivity (Wildman–Crippen MR) is 203 cm³/mol. The van der Waals surface area contributed by atoms with E-state index >= 15 is 0 Å². The van der Waals surface area contributed by atoms with Crippen LogP contribution in [0.4, 0.5) is 0 Å². The fourth-order valence-electron chi connectivity index (χ4n) is 7.82. The molecule has 46 heavy (non-hydrogen) atoms. The fraction of sp³-hybridized carbons (Fsp3) is 0.0500. The summed E-state index contributed by atoms with van der Waals surface area (Å²) < 4.78 is 18.5. The molecule has 0 saturated carbocycles. The summed E-state index contributed by atoms with van der Waals surface area (Å²) in [6.07, 6.45) is 15.1. The van der Waals surface area contributed by atoms with E-state index in [2.05, 4.69) is 133 Å². The van der Waals surface area contributed by atoms with E-state index in [1.165, 1.54) is 69.8 Å². The second kappa shape index (κ2) is 9.37. The van der Waals surface area contributed by atoms with E-state index in [1.54, 1.807) is 0 Å². The van der Waals surface area contributed by atoms with Crippen LogP contribution in [0.25, 0.3) is 75.3 Å². The Morgan fingerprint density at radius 1 is 0.717 bits per heavy atom. The Hall–Kier alpha value is -4.79. The molecule has 4 nitrogen and oxygen atoms in total. The summed E-state index contributed by atoms with van der Waals surface area (Å²) in [6.45, 7) is 0. The number of nitrogens with zero attached hydrogens (tertiary/aromatic N) is 3. The van der Waals surface area contributed by atoms with Crippen LogP contribution in [0.3, 0.4) is 0 Å². The second-order valence-electron chi connectivity index (χ2n) is 12.1. The number of fused-ring (bicyclic) bond motifs is 14. The predicted octanol–water partition coefficient (Wildman–Crippen LogP) is 10.8. The average Bonchev–Trinajstić information content (AvgIpc) is 3.85. The number of benzene rings is 4. The van der Waals surface area contributed by atoms with Crippen LogP contribution in [-0.2, 0) is 0 Å². The van der Waals surface area contributed by atoms with Crippen LogP contribution < -0.4 is 4.74 Å². The van der Waals surface area contributed by atoms with Gasteiger partial charge in [0, 0.05) is 59.7 Å². The Balaban J connectivity index is 1.22. The highest BCUT2D eigenvalue weighted by atomic mass is 127. The molecule has 4 aromatic heterocycles. The van der Waals surface area contributed by atoms with Crippen molar-refractivity contribution >= 4 is 106 Å². The van der Waals surface area contributed by atoms with E-state index in [0.29, 0.717) is 0 Å². The van der Waals surface area contributed by atoms with Crippen LogP contribution in [0.5, 0.6) is 5.75 Å². The molecule has 2 atom stereocenters. The highest BCUT2D eigenvalue weighted by Crippen LogP contribution is 2.48. The normalized spacial score (nSPS) is 18.6. The molecule has 6 heteroatoms. The number of hydrogen-bond acceptors (Lipinski definition) is 3. The van der Waals surface area contributed by atoms with Gasteiger partial charge in [-0.3, -0.25) is 4.98 Å². The van der Waals surface area contributed by atoms with Crippen LogP contribution >= 0.6 is 32.1 Å². The van der Waals surface area contributed by atoms with Gasteiger partial charge < -0.3 is 13.9 Å². The number of hydrogen-bond donors (Lipinski definition) is 0. The molecule has 8 aromatic rings. The van der Waals surface area contributed by atoms with E-state index in [1.807, 2.05) is 17.5 Å². The molecule has 0 amide bonds. The zero-order valence-electron chi connectivity index (χ0n) is 24.4. The molecule has 4 aromatic carbocycles. The van der Waals surface area contributed by atoms with Crippen LogP contribution in [-0.4, -0.2) is 24.2 Å². The molecule has 0 radical (unpaired) electrons. The molecule has 0 bridgehead atoms. The third-order valence-corrected chi connectivity index (χ3v) is 12.8. The molecule has 0 spiro atoms. The Kier molecular flexibility index (Phi) is 5.18. The number of rotatable bonds is 2. The first-order valence-corrected chi connectivity index (χ1v) is 18.8. The van der Waals surface area contributed by atoms with Gasteiger partial charge in [-0.05, 0) is 68.8 Å². The van der Waals surface area contributed by atoms with Gasteiger partial charge in [-0.1, -0.05) is 75.4 Å². The minimum Gasteiger partial charge on any atom is -0.485 e. The molecule has 218 valence electrons. The van der Waals surface area contributed by atoms with Gasteiger partial charge in [0.05, 0.1) is 33.3 Å². The van der Waals surface area contributed by atoms with E-state index in [9.17, 15) is 0 Å². The first kappa shape index (κ1) is 25.4. The lowest BCUT2D eigenvalue weighted by atomic mass is 9.92.